The number of nitrogens with one attached hydrogen (secondary N) is 3. The molecule has 0 bridgehead atoms. The number of rotatable bonds is 11. The summed E-state index contributed by atoms with van der Waals surface area (Å²) in [6, 6.07) is 4.39. The van der Waals surface area contributed by atoms with Gasteiger partial charge in [-0.15, -0.1) is 0 Å². The Hall–Kier alpha value is -4.74. The Morgan fingerprint density at radius 3 is 2.43 bits per heavy atom. The average molecular weight is 876 g/mol. The molecule has 1 saturated heterocycles. The summed E-state index contributed by atoms with van der Waals surface area (Å²) in [5, 5.41) is 6.67. The summed E-state index contributed by atoms with van der Waals surface area (Å²) >= 11 is 0. The third-order valence-corrected chi connectivity index (χ3v) is 14.7. The maximum Gasteiger partial charge on any atom is 0.408 e. The van der Waals surface area contributed by atoms with Crippen LogP contribution >= 0.6 is 0 Å². The molecule has 4 amide bonds. The Morgan fingerprint density at radius 1 is 1.08 bits per heavy atom. The highest BCUT2D eigenvalue weighted by Crippen LogP contribution is 2.48. The Labute approximate surface area is 356 Å². The van der Waals surface area contributed by atoms with E-state index in [0.717, 1.165) is 13.8 Å². The van der Waals surface area contributed by atoms with Gasteiger partial charge in [0.15, 0.2) is 5.60 Å². The number of halogens is 2. The van der Waals surface area contributed by atoms with Crippen LogP contribution in [0, 0.1) is 17.8 Å². The number of hydrogen-bond donors (Lipinski definition) is 3. The van der Waals surface area contributed by atoms with Crippen LogP contribution in [0.4, 0.5) is 13.6 Å². The minimum absolute atomic E-state index is 0.00882. The molecular weight excluding hydrogens is 817 g/mol. The first-order valence-corrected chi connectivity index (χ1v) is 22.4. The van der Waals surface area contributed by atoms with E-state index in [1.807, 2.05) is 32.9 Å². The van der Waals surface area contributed by atoms with Crippen LogP contribution in [0.25, 0.3) is 10.8 Å². The van der Waals surface area contributed by atoms with Gasteiger partial charge in [0.2, 0.25) is 33.6 Å². The van der Waals surface area contributed by atoms with E-state index in [9.17, 15) is 36.4 Å². The van der Waals surface area contributed by atoms with Crippen LogP contribution in [-0.4, -0.2) is 102 Å². The minimum Gasteiger partial charge on any atom is -0.497 e. The number of methoxy groups -OCH3 is 1. The number of hydrogen-bond acceptors (Lipinski definition) is 11. The SMILES string of the molecule is COc1ccc2c(O[C@@H]3C[C@H]4C(=O)N[C@]5(C(=O)NS(=O)(=O)C6(C)CC6)CC5/C=C\CC[C@H](C)C[C@@H](C)[C@H](NC(=O)OC(C)(C)C(C)(F)F)C(=O)N4C3)nc(OC(C)C)cc2c1. The zero-order chi connectivity index (χ0) is 44.9. The molecule has 2 saturated carbocycles. The Morgan fingerprint density at radius 2 is 1.79 bits per heavy atom. The molecule has 1 aromatic carbocycles. The van der Waals surface area contributed by atoms with Gasteiger partial charge in [0.1, 0.15) is 29.5 Å². The van der Waals surface area contributed by atoms with Gasteiger partial charge < -0.3 is 34.5 Å². The van der Waals surface area contributed by atoms with Gasteiger partial charge >= 0.3 is 6.09 Å². The molecule has 1 aromatic heterocycles. The molecule has 2 aliphatic heterocycles. The molecule has 3 heterocycles. The van der Waals surface area contributed by atoms with E-state index in [1.165, 1.54) is 12.0 Å². The van der Waals surface area contributed by atoms with Crippen molar-refractivity contribution in [2.45, 2.75) is 146 Å². The molecular formula is C43H59F2N5O10S. The van der Waals surface area contributed by atoms with Gasteiger partial charge in [0.05, 0.1) is 24.5 Å². The number of allylic oxidation sites excluding steroid dienone is 1. The van der Waals surface area contributed by atoms with Crippen molar-refractivity contribution < 1.29 is 55.3 Å². The number of sulfonamides is 1. The number of aromatic nitrogens is 1. The van der Waals surface area contributed by atoms with Gasteiger partial charge in [0.25, 0.3) is 11.8 Å². The van der Waals surface area contributed by atoms with Gasteiger partial charge in [-0.2, -0.15) is 4.98 Å². The topological polar surface area (TPSA) is 192 Å². The van der Waals surface area contributed by atoms with Crippen molar-refractivity contribution in [1.82, 2.24) is 25.2 Å². The lowest BCUT2D eigenvalue weighted by Crippen LogP contribution is -2.59. The predicted octanol–water partition coefficient (Wildman–Crippen LogP) is 5.79. The fraction of sp³-hybridized carbons (Fsp3) is 0.651. The van der Waals surface area contributed by atoms with E-state index >= 15 is 0 Å². The molecule has 2 aliphatic carbocycles. The number of alkyl halides is 2. The standard InChI is InChI=1S/C43H59F2N5O10S/c1-24(2)58-33-20-27-19-29(57-9)14-15-31(27)36(46-33)59-30-21-32-35(51)48-43(38(53)49-61(55,56)41(7)16-17-41)22-28(43)13-11-10-12-25(3)18-26(4)34(37(52)50(32)23-30)47-39(54)60-40(5,6)42(8,44)45/h11,13-15,19-20,24-26,28,30,32,34H,10,12,16-18,21-23H2,1-9H3,(H,47,54)(H,48,51)(H,49,53)/b13-11-/t25-,26+,28?,30+,32-,34-,43+/m0/s1. The summed E-state index contributed by atoms with van der Waals surface area (Å²) in [5.74, 6) is -5.85. The van der Waals surface area contributed by atoms with Gasteiger partial charge in [0, 0.05) is 30.7 Å². The molecule has 3 N–H and O–H groups in total. The van der Waals surface area contributed by atoms with E-state index in [2.05, 4.69) is 20.3 Å². The van der Waals surface area contributed by atoms with Crippen molar-refractivity contribution >= 4 is 44.6 Å². The molecule has 336 valence electrons. The smallest absolute Gasteiger partial charge is 0.408 e. The lowest BCUT2D eigenvalue weighted by molar-refractivity contribution is -0.152. The number of alkyl carbamates (subject to hydrolysis) is 1. The number of pyridine rings is 1. The number of fused-ring (bicyclic) bond motifs is 3. The first-order chi connectivity index (χ1) is 28.4. The third-order valence-electron chi connectivity index (χ3n) is 12.5. The van der Waals surface area contributed by atoms with E-state index in [-0.39, 0.29) is 43.2 Å². The number of amides is 4. The summed E-state index contributed by atoms with van der Waals surface area (Å²) in [6.07, 6.45) is 3.81. The Kier molecular flexibility index (Phi) is 12.6. The van der Waals surface area contributed by atoms with E-state index < -0.39 is 85.7 Å². The maximum atomic E-state index is 14.9. The first kappa shape index (κ1) is 45.8. The molecule has 0 radical (unpaired) electrons. The monoisotopic (exact) mass is 875 g/mol. The van der Waals surface area contributed by atoms with Gasteiger partial charge in [-0.05, 0) is 109 Å². The molecule has 18 heteroatoms. The first-order valence-electron chi connectivity index (χ1n) is 20.9. The van der Waals surface area contributed by atoms with Gasteiger partial charge in [-0.3, -0.25) is 19.1 Å². The minimum atomic E-state index is -4.07. The van der Waals surface area contributed by atoms with Gasteiger partial charge in [-0.1, -0.05) is 26.0 Å². The normalized spacial score (nSPS) is 28.6. The Bertz CT molecular complexity index is 2170. The zero-order valence-electron chi connectivity index (χ0n) is 36.3. The highest BCUT2D eigenvalue weighted by atomic mass is 32.2. The van der Waals surface area contributed by atoms with Crippen LogP contribution in [0.15, 0.2) is 36.4 Å². The Balaban J connectivity index is 1.38. The van der Waals surface area contributed by atoms with Crippen molar-refractivity contribution in [2.75, 3.05) is 13.7 Å². The number of ether oxygens (including phenoxy) is 4. The van der Waals surface area contributed by atoms with E-state index in [4.69, 9.17) is 18.9 Å². The molecule has 0 spiro atoms. The summed E-state index contributed by atoms with van der Waals surface area (Å²) < 4.78 is 79.7. The van der Waals surface area contributed by atoms with Crippen molar-refractivity contribution in [2.24, 2.45) is 17.8 Å². The lowest BCUT2D eigenvalue weighted by Gasteiger charge is -2.35. The molecule has 2 aromatic rings. The number of benzene rings is 1. The quantitative estimate of drug-likeness (QED) is 0.232. The highest BCUT2D eigenvalue weighted by molar-refractivity contribution is 7.91. The molecule has 15 nitrogen and oxygen atoms in total. The van der Waals surface area contributed by atoms with Crippen LogP contribution < -0.4 is 29.6 Å². The average Bonchev–Trinajstić information content (AvgIpc) is 4.04. The number of nitrogens with zero attached hydrogens (tertiary/aromatic N) is 2. The maximum absolute atomic E-state index is 14.9. The second-order valence-corrected chi connectivity index (χ2v) is 20.6. The van der Waals surface area contributed by atoms with Crippen LogP contribution in [0.2, 0.25) is 0 Å². The second kappa shape index (κ2) is 16.9. The number of carbonyl (C=O) groups excluding carboxylic acids is 4. The van der Waals surface area contributed by atoms with Crippen LogP contribution in [0.3, 0.4) is 0 Å². The molecule has 6 rings (SSSR count). The molecule has 4 aliphatic rings. The van der Waals surface area contributed by atoms with Crippen molar-refractivity contribution in [3.8, 4) is 17.5 Å². The third kappa shape index (κ3) is 9.83. The van der Waals surface area contributed by atoms with E-state index in [1.54, 1.807) is 38.1 Å². The highest BCUT2D eigenvalue weighted by Gasteiger charge is 2.63. The summed E-state index contributed by atoms with van der Waals surface area (Å²) in [6.45, 7) is 11.5. The van der Waals surface area contributed by atoms with Crippen molar-refractivity contribution in [1.29, 1.82) is 0 Å². The van der Waals surface area contributed by atoms with Crippen molar-refractivity contribution in [3.05, 3.63) is 36.4 Å². The van der Waals surface area contributed by atoms with Gasteiger partial charge in [-0.25, -0.2) is 22.0 Å². The molecule has 3 fully saturated rings. The number of carbonyl (C=O) groups is 4. The zero-order valence-corrected chi connectivity index (χ0v) is 37.1. The van der Waals surface area contributed by atoms with Crippen LogP contribution in [-0.2, 0) is 29.1 Å². The lowest BCUT2D eigenvalue weighted by atomic mass is 9.88. The molecule has 61 heavy (non-hydrogen) atoms. The summed E-state index contributed by atoms with van der Waals surface area (Å²) in [7, 11) is -2.53. The second-order valence-electron chi connectivity index (χ2n) is 18.4. The van der Waals surface area contributed by atoms with Crippen LogP contribution in [0.1, 0.15) is 100 Å². The molecule has 7 atom stereocenters. The molecule has 1 unspecified atom stereocenters. The summed E-state index contributed by atoms with van der Waals surface area (Å²) in [4.78, 5) is 62.9. The predicted molar refractivity (Wildman–Crippen MR) is 222 cm³/mol. The fourth-order valence-corrected chi connectivity index (χ4v) is 9.24. The largest absolute Gasteiger partial charge is 0.497 e. The fourth-order valence-electron chi connectivity index (χ4n) is 7.93. The van der Waals surface area contributed by atoms with E-state index in [0.29, 0.717) is 55.5 Å². The summed E-state index contributed by atoms with van der Waals surface area (Å²) in [5.41, 5.74) is -3.86. The van der Waals surface area contributed by atoms with Crippen molar-refractivity contribution in [3.63, 3.8) is 0 Å². The van der Waals surface area contributed by atoms with Crippen LogP contribution in [0.5, 0.6) is 17.5 Å².